The highest BCUT2D eigenvalue weighted by atomic mass is 15.2. The predicted octanol–water partition coefficient (Wildman–Crippen LogP) is 3.09. The van der Waals surface area contributed by atoms with Crippen LogP contribution in [0.4, 0.5) is 0 Å². The van der Waals surface area contributed by atoms with Crippen LogP contribution in [0.5, 0.6) is 0 Å². The highest BCUT2D eigenvalue weighted by molar-refractivity contribution is 4.91. The van der Waals surface area contributed by atoms with E-state index in [9.17, 15) is 0 Å². The molecule has 1 saturated heterocycles. The van der Waals surface area contributed by atoms with Crippen molar-refractivity contribution in [1.82, 2.24) is 9.80 Å². The van der Waals surface area contributed by atoms with Crippen LogP contribution in [0.3, 0.4) is 0 Å². The van der Waals surface area contributed by atoms with E-state index >= 15 is 0 Å². The lowest BCUT2D eigenvalue weighted by Gasteiger charge is -2.45. The molecule has 1 aliphatic heterocycles. The van der Waals surface area contributed by atoms with E-state index in [1.807, 2.05) is 0 Å². The molecule has 0 radical (unpaired) electrons. The second-order valence-electron chi connectivity index (χ2n) is 7.01. The van der Waals surface area contributed by atoms with Crippen molar-refractivity contribution in [2.24, 2.45) is 5.73 Å². The molecule has 0 saturated carbocycles. The number of unbranched alkanes of at least 4 members (excludes halogenated alkanes) is 4. The van der Waals surface area contributed by atoms with E-state index in [1.54, 1.807) is 0 Å². The van der Waals surface area contributed by atoms with Gasteiger partial charge in [0, 0.05) is 18.1 Å². The first-order valence-electron chi connectivity index (χ1n) is 8.65. The van der Waals surface area contributed by atoms with Gasteiger partial charge in [0.15, 0.2) is 0 Å². The molecular weight excluding hydrogens is 246 g/mol. The predicted molar refractivity (Wildman–Crippen MR) is 89.1 cm³/mol. The summed E-state index contributed by atoms with van der Waals surface area (Å²) in [7, 11) is 4.53. The maximum Gasteiger partial charge on any atom is 0.0303 e. The lowest BCUT2D eigenvalue weighted by atomic mass is 9.89. The lowest BCUT2D eigenvalue weighted by Crippen LogP contribution is -2.56. The first kappa shape index (κ1) is 17.9. The first-order valence-corrected chi connectivity index (χ1v) is 8.65. The molecule has 0 aromatic carbocycles. The van der Waals surface area contributed by atoms with Crippen LogP contribution in [-0.4, -0.2) is 55.1 Å². The zero-order valence-corrected chi connectivity index (χ0v) is 14.3. The molecule has 20 heavy (non-hydrogen) atoms. The summed E-state index contributed by atoms with van der Waals surface area (Å²) in [6.07, 6.45) is 10.6. The van der Waals surface area contributed by atoms with Crippen LogP contribution in [0.2, 0.25) is 0 Å². The monoisotopic (exact) mass is 283 g/mol. The Morgan fingerprint density at radius 1 is 1.15 bits per heavy atom. The van der Waals surface area contributed by atoms with E-state index in [1.165, 1.54) is 64.5 Å². The smallest absolute Gasteiger partial charge is 0.0303 e. The Morgan fingerprint density at radius 2 is 1.75 bits per heavy atom. The third kappa shape index (κ3) is 5.34. The summed E-state index contributed by atoms with van der Waals surface area (Å²) in [6, 6.07) is 0.718. The molecule has 0 aromatic heterocycles. The topological polar surface area (TPSA) is 32.5 Å². The largest absolute Gasteiger partial charge is 0.329 e. The summed E-state index contributed by atoms with van der Waals surface area (Å²) < 4.78 is 0. The van der Waals surface area contributed by atoms with Crippen LogP contribution in [0.25, 0.3) is 0 Å². The SMILES string of the molecule is CCCCCCCC(C)(CN)N(C)C1CCN(C)CC1. The summed E-state index contributed by atoms with van der Waals surface area (Å²) in [5, 5.41) is 0. The molecule has 120 valence electrons. The lowest BCUT2D eigenvalue weighted by molar-refractivity contribution is 0.0473. The van der Waals surface area contributed by atoms with Crippen molar-refractivity contribution < 1.29 is 0 Å². The van der Waals surface area contributed by atoms with Gasteiger partial charge >= 0.3 is 0 Å². The minimum Gasteiger partial charge on any atom is -0.329 e. The molecule has 1 atom stereocenters. The fourth-order valence-electron chi connectivity index (χ4n) is 3.35. The molecule has 1 rings (SSSR count). The molecule has 1 fully saturated rings. The Hall–Kier alpha value is -0.120. The maximum absolute atomic E-state index is 6.13. The minimum atomic E-state index is 0.187. The van der Waals surface area contributed by atoms with Crippen LogP contribution in [0, 0.1) is 0 Å². The van der Waals surface area contributed by atoms with Gasteiger partial charge in [-0.3, -0.25) is 4.90 Å². The quantitative estimate of drug-likeness (QED) is 0.660. The third-order valence-corrected chi connectivity index (χ3v) is 5.35. The van der Waals surface area contributed by atoms with Gasteiger partial charge in [-0.25, -0.2) is 0 Å². The molecule has 3 heteroatoms. The number of likely N-dealkylation sites (tertiary alicyclic amines) is 1. The molecule has 0 spiro atoms. The van der Waals surface area contributed by atoms with Gasteiger partial charge in [0.2, 0.25) is 0 Å². The van der Waals surface area contributed by atoms with Crippen molar-refractivity contribution in [2.45, 2.75) is 76.8 Å². The molecule has 0 bridgehead atoms. The van der Waals surface area contributed by atoms with E-state index in [0.29, 0.717) is 0 Å². The number of nitrogens with two attached hydrogens (primary N) is 1. The summed E-state index contributed by atoms with van der Waals surface area (Å²) in [6.45, 7) is 7.88. The summed E-state index contributed by atoms with van der Waals surface area (Å²) in [4.78, 5) is 5.04. The van der Waals surface area contributed by atoms with Crippen molar-refractivity contribution in [3.63, 3.8) is 0 Å². The molecule has 0 aliphatic carbocycles. The van der Waals surface area contributed by atoms with Crippen molar-refractivity contribution in [2.75, 3.05) is 33.7 Å². The van der Waals surface area contributed by atoms with E-state index in [4.69, 9.17) is 5.73 Å². The van der Waals surface area contributed by atoms with Gasteiger partial charge in [-0.1, -0.05) is 39.0 Å². The van der Waals surface area contributed by atoms with Gasteiger partial charge in [-0.15, -0.1) is 0 Å². The fraction of sp³-hybridized carbons (Fsp3) is 1.00. The highest BCUT2D eigenvalue weighted by Crippen LogP contribution is 2.26. The van der Waals surface area contributed by atoms with E-state index in [-0.39, 0.29) is 5.54 Å². The third-order valence-electron chi connectivity index (χ3n) is 5.35. The maximum atomic E-state index is 6.13. The number of likely N-dealkylation sites (N-methyl/N-ethyl adjacent to an activating group) is 1. The Morgan fingerprint density at radius 3 is 2.30 bits per heavy atom. The van der Waals surface area contributed by atoms with Gasteiger partial charge in [0.05, 0.1) is 0 Å². The molecule has 1 unspecified atom stereocenters. The van der Waals surface area contributed by atoms with Crippen molar-refractivity contribution in [3.8, 4) is 0 Å². The summed E-state index contributed by atoms with van der Waals surface area (Å²) >= 11 is 0. The number of piperidine rings is 1. The fourth-order valence-corrected chi connectivity index (χ4v) is 3.35. The highest BCUT2D eigenvalue weighted by Gasteiger charge is 2.33. The molecule has 3 nitrogen and oxygen atoms in total. The average Bonchev–Trinajstić information content (AvgIpc) is 2.47. The Labute approximate surface area is 126 Å². The normalized spacial score (nSPS) is 21.3. The second kappa shape index (κ2) is 9.01. The standard InChI is InChI=1S/C17H37N3/c1-5-6-7-8-9-12-17(2,15-18)20(4)16-10-13-19(3)14-11-16/h16H,5-15,18H2,1-4H3. The molecule has 0 amide bonds. The van der Waals surface area contributed by atoms with Crippen LogP contribution >= 0.6 is 0 Å². The van der Waals surface area contributed by atoms with Gasteiger partial charge < -0.3 is 10.6 Å². The minimum absolute atomic E-state index is 0.187. The second-order valence-corrected chi connectivity index (χ2v) is 7.01. The summed E-state index contributed by atoms with van der Waals surface area (Å²) in [5.41, 5.74) is 6.32. The van der Waals surface area contributed by atoms with Crippen LogP contribution in [-0.2, 0) is 0 Å². The molecule has 2 N–H and O–H groups in total. The van der Waals surface area contributed by atoms with E-state index < -0.39 is 0 Å². The number of rotatable bonds is 9. The molecular formula is C17H37N3. The number of nitrogens with zero attached hydrogens (tertiary/aromatic N) is 2. The Bertz CT molecular complexity index is 249. The average molecular weight is 284 g/mol. The van der Waals surface area contributed by atoms with Crippen molar-refractivity contribution >= 4 is 0 Å². The van der Waals surface area contributed by atoms with Crippen LogP contribution < -0.4 is 5.73 Å². The van der Waals surface area contributed by atoms with Gasteiger partial charge in [0.25, 0.3) is 0 Å². The summed E-state index contributed by atoms with van der Waals surface area (Å²) in [5.74, 6) is 0. The zero-order chi connectivity index (χ0) is 15.0. The molecule has 1 aliphatic rings. The van der Waals surface area contributed by atoms with Crippen LogP contribution in [0.15, 0.2) is 0 Å². The van der Waals surface area contributed by atoms with Crippen molar-refractivity contribution in [3.05, 3.63) is 0 Å². The van der Waals surface area contributed by atoms with E-state index in [2.05, 4.69) is 37.7 Å². The molecule has 0 aromatic rings. The van der Waals surface area contributed by atoms with Crippen molar-refractivity contribution in [1.29, 1.82) is 0 Å². The van der Waals surface area contributed by atoms with Gasteiger partial charge in [-0.2, -0.15) is 0 Å². The number of hydrogen-bond donors (Lipinski definition) is 1. The zero-order valence-electron chi connectivity index (χ0n) is 14.3. The van der Waals surface area contributed by atoms with Gasteiger partial charge in [0.1, 0.15) is 0 Å². The number of hydrogen-bond acceptors (Lipinski definition) is 3. The Balaban J connectivity index is 2.40. The molecule has 1 heterocycles. The van der Waals surface area contributed by atoms with E-state index in [0.717, 1.165) is 12.6 Å². The Kier molecular flexibility index (Phi) is 8.08. The van der Waals surface area contributed by atoms with Crippen LogP contribution in [0.1, 0.15) is 65.2 Å². The van der Waals surface area contributed by atoms with Gasteiger partial charge in [-0.05, 0) is 53.4 Å². The first-order chi connectivity index (χ1) is 9.53.